The van der Waals surface area contributed by atoms with Gasteiger partial charge in [0.2, 0.25) is 5.91 Å². The van der Waals surface area contributed by atoms with E-state index in [1.54, 1.807) is 25.1 Å². The van der Waals surface area contributed by atoms with E-state index >= 15 is 0 Å². The molecule has 1 amide bonds. The van der Waals surface area contributed by atoms with Crippen molar-refractivity contribution in [2.24, 2.45) is 0 Å². The van der Waals surface area contributed by atoms with Crippen molar-refractivity contribution in [2.45, 2.75) is 13.8 Å². The van der Waals surface area contributed by atoms with Crippen molar-refractivity contribution < 1.29 is 4.79 Å². The van der Waals surface area contributed by atoms with Gasteiger partial charge in [-0.2, -0.15) is 0 Å². The van der Waals surface area contributed by atoms with Crippen LogP contribution in [-0.2, 0) is 4.79 Å². The summed E-state index contributed by atoms with van der Waals surface area (Å²) < 4.78 is 0. The van der Waals surface area contributed by atoms with Crippen molar-refractivity contribution in [2.75, 3.05) is 5.32 Å². The minimum Gasteiger partial charge on any atom is -0.322 e. The van der Waals surface area contributed by atoms with Crippen molar-refractivity contribution in [1.29, 1.82) is 0 Å². The summed E-state index contributed by atoms with van der Waals surface area (Å²) in [6, 6.07) is 5.40. The number of carbonyl (C=O) groups excluding carboxylic acids is 1. The maximum Gasteiger partial charge on any atom is 0.248 e. The average Bonchev–Trinajstić information content (AvgIpc) is 2.12. The second kappa shape index (κ2) is 4.82. The van der Waals surface area contributed by atoms with E-state index in [-0.39, 0.29) is 5.91 Å². The van der Waals surface area contributed by atoms with Crippen LogP contribution in [0.2, 0.25) is 5.02 Å². The van der Waals surface area contributed by atoms with Gasteiger partial charge in [0.1, 0.15) is 0 Å². The monoisotopic (exact) mass is 209 g/mol. The molecular weight excluding hydrogens is 198 g/mol. The van der Waals surface area contributed by atoms with Crippen LogP contribution in [-0.4, -0.2) is 5.91 Å². The van der Waals surface area contributed by atoms with Crippen LogP contribution in [0.1, 0.15) is 12.5 Å². The van der Waals surface area contributed by atoms with E-state index in [0.717, 1.165) is 11.3 Å². The van der Waals surface area contributed by atoms with Gasteiger partial charge in [-0.05, 0) is 37.6 Å². The molecule has 0 aliphatic heterocycles. The van der Waals surface area contributed by atoms with E-state index in [1.165, 1.54) is 6.08 Å². The lowest BCUT2D eigenvalue weighted by molar-refractivity contribution is -0.111. The number of nitrogens with one attached hydrogen (secondary N) is 1. The molecule has 1 N–H and O–H groups in total. The Kier molecular flexibility index (Phi) is 3.72. The summed E-state index contributed by atoms with van der Waals surface area (Å²) in [5.74, 6) is -0.141. The number of amides is 1. The number of rotatable bonds is 2. The Hall–Kier alpha value is -1.28. The maximum absolute atomic E-state index is 11.2. The summed E-state index contributed by atoms with van der Waals surface area (Å²) in [5, 5.41) is 3.36. The first-order chi connectivity index (χ1) is 6.63. The van der Waals surface area contributed by atoms with Crippen LogP contribution in [0.15, 0.2) is 30.4 Å². The maximum atomic E-state index is 11.2. The number of anilines is 1. The first-order valence-corrected chi connectivity index (χ1v) is 4.71. The summed E-state index contributed by atoms with van der Waals surface area (Å²) in [6.45, 7) is 3.71. The summed E-state index contributed by atoms with van der Waals surface area (Å²) in [7, 11) is 0. The number of hydrogen-bond acceptors (Lipinski definition) is 1. The van der Waals surface area contributed by atoms with Crippen molar-refractivity contribution in [3.63, 3.8) is 0 Å². The molecule has 1 rings (SSSR count). The number of halogens is 1. The number of aryl methyl sites for hydroxylation is 1. The van der Waals surface area contributed by atoms with E-state index in [0.29, 0.717) is 5.02 Å². The van der Waals surface area contributed by atoms with Crippen LogP contribution in [0.3, 0.4) is 0 Å². The highest BCUT2D eigenvalue weighted by Crippen LogP contribution is 2.19. The lowest BCUT2D eigenvalue weighted by Crippen LogP contribution is -2.08. The first kappa shape index (κ1) is 10.8. The molecule has 1 aromatic rings. The zero-order chi connectivity index (χ0) is 10.6. The molecule has 1 aromatic carbocycles. The highest BCUT2D eigenvalue weighted by Gasteiger charge is 2.01. The van der Waals surface area contributed by atoms with Crippen LogP contribution in [0.25, 0.3) is 0 Å². The summed E-state index contributed by atoms with van der Waals surface area (Å²) >= 11 is 5.81. The molecule has 2 nitrogen and oxygen atoms in total. The fourth-order valence-electron chi connectivity index (χ4n) is 1.05. The molecule has 3 heteroatoms. The normalized spacial score (nSPS) is 10.5. The molecule has 0 saturated heterocycles. The predicted octanol–water partition coefficient (Wildman–Crippen LogP) is 3.16. The summed E-state index contributed by atoms with van der Waals surface area (Å²) in [4.78, 5) is 11.2. The quantitative estimate of drug-likeness (QED) is 0.745. The molecular formula is C11H12ClNO. The Morgan fingerprint density at radius 2 is 2.21 bits per heavy atom. The molecule has 0 aromatic heterocycles. The van der Waals surface area contributed by atoms with Gasteiger partial charge in [-0.3, -0.25) is 4.79 Å². The Morgan fingerprint density at radius 3 is 2.86 bits per heavy atom. The minimum absolute atomic E-state index is 0.141. The lowest BCUT2D eigenvalue weighted by Gasteiger charge is -2.06. The smallest absolute Gasteiger partial charge is 0.248 e. The van der Waals surface area contributed by atoms with Crippen molar-refractivity contribution >= 4 is 23.2 Å². The largest absolute Gasteiger partial charge is 0.322 e. The van der Waals surface area contributed by atoms with Gasteiger partial charge in [0, 0.05) is 10.7 Å². The van der Waals surface area contributed by atoms with E-state index in [2.05, 4.69) is 5.32 Å². The molecule has 0 radical (unpaired) electrons. The SMILES string of the molecule is C/C=C\C(=O)Nc1cc(Cl)ccc1C. The van der Waals surface area contributed by atoms with E-state index in [9.17, 15) is 4.79 Å². The fourth-order valence-corrected chi connectivity index (χ4v) is 1.23. The second-order valence-electron chi connectivity index (χ2n) is 2.95. The number of hydrogen-bond donors (Lipinski definition) is 1. The van der Waals surface area contributed by atoms with Crippen LogP contribution in [0, 0.1) is 6.92 Å². The Balaban J connectivity index is 2.85. The van der Waals surface area contributed by atoms with Crippen LogP contribution in [0.5, 0.6) is 0 Å². The molecule has 0 aliphatic carbocycles. The molecule has 74 valence electrons. The van der Waals surface area contributed by atoms with E-state index < -0.39 is 0 Å². The molecule has 0 fully saturated rings. The molecule has 0 saturated carbocycles. The van der Waals surface area contributed by atoms with E-state index in [1.807, 2.05) is 13.0 Å². The van der Waals surface area contributed by atoms with Crippen LogP contribution in [0.4, 0.5) is 5.69 Å². The molecule has 0 atom stereocenters. The molecule has 0 spiro atoms. The Bertz CT molecular complexity index is 372. The standard InChI is InChI=1S/C11H12ClNO/c1-3-4-11(14)13-10-7-9(12)6-5-8(10)2/h3-7H,1-2H3,(H,13,14)/b4-3-. The van der Waals surface area contributed by atoms with Gasteiger partial charge in [0.05, 0.1) is 0 Å². The van der Waals surface area contributed by atoms with Gasteiger partial charge in [0.15, 0.2) is 0 Å². The predicted molar refractivity (Wildman–Crippen MR) is 59.6 cm³/mol. The summed E-state index contributed by atoms with van der Waals surface area (Å²) in [5.41, 5.74) is 1.74. The third-order valence-corrected chi connectivity index (χ3v) is 2.01. The zero-order valence-electron chi connectivity index (χ0n) is 8.17. The lowest BCUT2D eigenvalue weighted by atomic mass is 10.2. The highest BCUT2D eigenvalue weighted by atomic mass is 35.5. The van der Waals surface area contributed by atoms with Gasteiger partial charge < -0.3 is 5.32 Å². The molecule has 0 heterocycles. The Labute approximate surface area is 88.6 Å². The number of allylic oxidation sites excluding steroid dienone is 1. The molecule has 0 bridgehead atoms. The van der Waals surface area contributed by atoms with Gasteiger partial charge >= 0.3 is 0 Å². The van der Waals surface area contributed by atoms with Gasteiger partial charge in [-0.25, -0.2) is 0 Å². The van der Waals surface area contributed by atoms with Crippen molar-refractivity contribution in [3.8, 4) is 0 Å². The third-order valence-electron chi connectivity index (χ3n) is 1.78. The summed E-state index contributed by atoms with van der Waals surface area (Å²) in [6.07, 6.45) is 3.16. The average molecular weight is 210 g/mol. The van der Waals surface area contributed by atoms with Crippen LogP contribution >= 0.6 is 11.6 Å². The number of benzene rings is 1. The van der Waals surface area contributed by atoms with Crippen molar-refractivity contribution in [1.82, 2.24) is 0 Å². The zero-order valence-corrected chi connectivity index (χ0v) is 8.93. The Morgan fingerprint density at radius 1 is 1.50 bits per heavy atom. The minimum atomic E-state index is -0.141. The van der Waals surface area contributed by atoms with Gasteiger partial charge in [-0.1, -0.05) is 23.7 Å². The topological polar surface area (TPSA) is 29.1 Å². The molecule has 0 aliphatic rings. The molecule has 14 heavy (non-hydrogen) atoms. The first-order valence-electron chi connectivity index (χ1n) is 4.33. The van der Waals surface area contributed by atoms with Crippen LogP contribution < -0.4 is 5.32 Å². The highest BCUT2D eigenvalue weighted by molar-refractivity contribution is 6.31. The number of carbonyl (C=O) groups is 1. The van der Waals surface area contributed by atoms with Gasteiger partial charge in [0.25, 0.3) is 0 Å². The molecule has 0 unspecified atom stereocenters. The van der Waals surface area contributed by atoms with Crippen molar-refractivity contribution in [3.05, 3.63) is 40.9 Å². The van der Waals surface area contributed by atoms with E-state index in [4.69, 9.17) is 11.6 Å². The second-order valence-corrected chi connectivity index (χ2v) is 3.38. The van der Waals surface area contributed by atoms with Gasteiger partial charge in [-0.15, -0.1) is 0 Å². The fraction of sp³-hybridized carbons (Fsp3) is 0.182. The third kappa shape index (κ3) is 2.89.